The van der Waals surface area contributed by atoms with E-state index < -0.39 is 10.9 Å². The van der Waals surface area contributed by atoms with Crippen LogP contribution in [0.3, 0.4) is 0 Å². The minimum Gasteiger partial charge on any atom is -0.485 e. The van der Waals surface area contributed by atoms with Crippen LogP contribution in [-0.4, -0.2) is 47.2 Å². The van der Waals surface area contributed by atoms with Gasteiger partial charge in [0.15, 0.2) is 5.75 Å². The van der Waals surface area contributed by atoms with Gasteiger partial charge in [-0.3, -0.25) is 14.9 Å². The highest BCUT2D eigenvalue weighted by Crippen LogP contribution is 2.29. The molecule has 0 saturated carbocycles. The van der Waals surface area contributed by atoms with Crippen LogP contribution in [0.15, 0.2) is 35.4 Å². The fraction of sp³-hybridized carbons (Fsp3) is 0.333. The molecule has 1 aliphatic rings. The summed E-state index contributed by atoms with van der Waals surface area (Å²) in [5.74, 6) is -0.296. The van der Waals surface area contributed by atoms with E-state index in [-0.39, 0.29) is 42.9 Å². The van der Waals surface area contributed by atoms with Gasteiger partial charge in [0.2, 0.25) is 5.91 Å². The van der Waals surface area contributed by atoms with Crippen LogP contribution in [0.5, 0.6) is 5.75 Å². The maximum atomic E-state index is 11.9. The maximum Gasteiger partial charge on any atom is 0.333 e. The number of rotatable bonds is 7. The third kappa shape index (κ3) is 4.48. The smallest absolute Gasteiger partial charge is 0.333 e. The number of carbonyl (C=O) groups excluding carboxylic acids is 2. The van der Waals surface area contributed by atoms with Crippen molar-refractivity contribution < 1.29 is 24.0 Å². The van der Waals surface area contributed by atoms with Gasteiger partial charge in [-0.05, 0) is 13.0 Å². The molecule has 0 unspecified atom stereocenters. The minimum atomic E-state index is -0.529. The number of benzene rings is 1. The monoisotopic (exact) mass is 352 g/mol. The summed E-state index contributed by atoms with van der Waals surface area (Å²) in [7, 11) is 0. The lowest BCUT2D eigenvalue weighted by molar-refractivity contribution is -0.385. The van der Waals surface area contributed by atoms with E-state index in [0.29, 0.717) is 5.03 Å². The topological polar surface area (TPSA) is 99.0 Å². The molecule has 0 aromatic heterocycles. The summed E-state index contributed by atoms with van der Waals surface area (Å²) < 4.78 is 10.3. The summed E-state index contributed by atoms with van der Waals surface area (Å²) in [6.07, 6.45) is 1.27. The number of esters is 1. The number of nitro groups is 1. The second kappa shape index (κ2) is 8.34. The van der Waals surface area contributed by atoms with E-state index >= 15 is 0 Å². The number of nitrogens with zero attached hydrogens (tertiary/aromatic N) is 2. The zero-order valence-electron chi connectivity index (χ0n) is 13.0. The molecule has 0 aliphatic carbocycles. The molecular weight excluding hydrogens is 336 g/mol. The third-order valence-corrected chi connectivity index (χ3v) is 4.10. The Hall–Kier alpha value is -2.55. The maximum absolute atomic E-state index is 11.9. The Kier molecular flexibility index (Phi) is 6.19. The fourth-order valence-electron chi connectivity index (χ4n) is 2.03. The van der Waals surface area contributed by atoms with Crippen molar-refractivity contribution in [2.24, 2.45) is 0 Å². The molecule has 1 saturated heterocycles. The standard InChI is InChI=1S/C15H16N2O6S/c1-2-22-15(19)9-14-16(13(18)10-24-14)7-8-23-12-6-4-3-5-11(12)17(20)21/h3-6,9H,2,7-8,10H2,1H3/b14-9-. The number of para-hydroxylation sites is 2. The van der Waals surface area contributed by atoms with Crippen molar-refractivity contribution in [1.29, 1.82) is 0 Å². The van der Waals surface area contributed by atoms with E-state index in [1.807, 2.05) is 0 Å². The molecule has 9 heteroatoms. The molecule has 0 radical (unpaired) electrons. The van der Waals surface area contributed by atoms with Gasteiger partial charge in [-0.15, -0.1) is 0 Å². The lowest BCUT2D eigenvalue weighted by atomic mass is 10.3. The number of nitro benzene ring substituents is 1. The molecule has 1 aromatic rings. The second-order valence-electron chi connectivity index (χ2n) is 4.64. The van der Waals surface area contributed by atoms with Gasteiger partial charge >= 0.3 is 11.7 Å². The number of amides is 1. The Morgan fingerprint density at radius 3 is 2.92 bits per heavy atom. The van der Waals surface area contributed by atoms with Crippen molar-refractivity contribution in [3.8, 4) is 5.75 Å². The van der Waals surface area contributed by atoms with Gasteiger partial charge in [0, 0.05) is 6.07 Å². The van der Waals surface area contributed by atoms with Crippen LogP contribution in [0, 0.1) is 10.1 Å². The fourth-order valence-corrected chi connectivity index (χ4v) is 2.99. The number of hydrogen-bond acceptors (Lipinski definition) is 7. The van der Waals surface area contributed by atoms with Gasteiger partial charge < -0.3 is 14.4 Å². The first kappa shape index (κ1) is 17.8. The molecule has 128 valence electrons. The Balaban J connectivity index is 1.99. The molecule has 1 aromatic carbocycles. The molecule has 1 amide bonds. The number of thioether (sulfide) groups is 1. The normalized spacial score (nSPS) is 15.6. The van der Waals surface area contributed by atoms with E-state index in [1.54, 1.807) is 19.1 Å². The zero-order valence-corrected chi connectivity index (χ0v) is 13.8. The van der Waals surface area contributed by atoms with Crippen molar-refractivity contribution in [2.75, 3.05) is 25.5 Å². The molecule has 0 atom stereocenters. The van der Waals surface area contributed by atoms with E-state index in [4.69, 9.17) is 9.47 Å². The van der Waals surface area contributed by atoms with Crippen molar-refractivity contribution in [3.63, 3.8) is 0 Å². The van der Waals surface area contributed by atoms with Crippen LogP contribution >= 0.6 is 11.8 Å². The predicted molar refractivity (Wildman–Crippen MR) is 87.5 cm³/mol. The first-order chi connectivity index (χ1) is 11.5. The van der Waals surface area contributed by atoms with Crippen molar-refractivity contribution in [1.82, 2.24) is 4.90 Å². The predicted octanol–water partition coefficient (Wildman–Crippen LogP) is 1.95. The molecule has 24 heavy (non-hydrogen) atoms. The number of hydrogen-bond donors (Lipinski definition) is 0. The van der Waals surface area contributed by atoms with Gasteiger partial charge in [0.1, 0.15) is 6.61 Å². The van der Waals surface area contributed by atoms with E-state index in [2.05, 4.69) is 0 Å². The molecule has 1 aliphatic heterocycles. The lowest BCUT2D eigenvalue weighted by Crippen LogP contribution is -2.29. The van der Waals surface area contributed by atoms with Gasteiger partial charge in [0.05, 0.1) is 34.9 Å². The van der Waals surface area contributed by atoms with Crippen LogP contribution in [0.4, 0.5) is 5.69 Å². The van der Waals surface area contributed by atoms with Crippen LogP contribution in [0.1, 0.15) is 6.92 Å². The molecule has 0 spiro atoms. The van der Waals surface area contributed by atoms with Gasteiger partial charge in [-0.25, -0.2) is 4.79 Å². The molecule has 1 fully saturated rings. The largest absolute Gasteiger partial charge is 0.485 e. The van der Waals surface area contributed by atoms with Crippen LogP contribution in [0.2, 0.25) is 0 Å². The highest BCUT2D eigenvalue weighted by molar-refractivity contribution is 8.04. The Bertz CT molecular complexity index is 676. The van der Waals surface area contributed by atoms with Gasteiger partial charge in [-0.2, -0.15) is 0 Å². The second-order valence-corrected chi connectivity index (χ2v) is 5.64. The summed E-state index contributed by atoms with van der Waals surface area (Å²) in [5.41, 5.74) is -0.137. The molecule has 2 rings (SSSR count). The average molecular weight is 352 g/mol. The van der Waals surface area contributed by atoms with Gasteiger partial charge in [0.25, 0.3) is 0 Å². The lowest BCUT2D eigenvalue weighted by Gasteiger charge is -2.17. The molecule has 1 heterocycles. The van der Waals surface area contributed by atoms with Crippen LogP contribution in [-0.2, 0) is 14.3 Å². The first-order valence-electron chi connectivity index (χ1n) is 7.20. The van der Waals surface area contributed by atoms with E-state index in [0.717, 1.165) is 0 Å². The zero-order chi connectivity index (χ0) is 17.5. The quantitative estimate of drug-likeness (QED) is 0.320. The van der Waals surface area contributed by atoms with Crippen LogP contribution < -0.4 is 4.74 Å². The van der Waals surface area contributed by atoms with E-state index in [1.165, 1.54) is 34.9 Å². The summed E-state index contributed by atoms with van der Waals surface area (Å²) in [6.45, 7) is 2.20. The Morgan fingerprint density at radius 2 is 2.21 bits per heavy atom. The molecule has 0 N–H and O–H groups in total. The Labute approximate surface area is 142 Å². The van der Waals surface area contributed by atoms with Crippen LogP contribution in [0.25, 0.3) is 0 Å². The molecule has 8 nitrogen and oxygen atoms in total. The van der Waals surface area contributed by atoms with Crippen molar-refractivity contribution in [3.05, 3.63) is 45.5 Å². The number of carbonyl (C=O) groups is 2. The Morgan fingerprint density at radius 1 is 1.46 bits per heavy atom. The summed E-state index contributed by atoms with van der Waals surface area (Å²) in [6, 6.07) is 6.02. The highest BCUT2D eigenvalue weighted by Gasteiger charge is 2.27. The minimum absolute atomic E-state index is 0.0668. The highest BCUT2D eigenvalue weighted by atomic mass is 32.2. The summed E-state index contributed by atoms with van der Waals surface area (Å²) >= 11 is 1.24. The van der Waals surface area contributed by atoms with Gasteiger partial charge in [-0.1, -0.05) is 23.9 Å². The number of ether oxygens (including phenoxy) is 2. The first-order valence-corrected chi connectivity index (χ1v) is 8.19. The van der Waals surface area contributed by atoms with Crippen molar-refractivity contribution >= 4 is 29.3 Å². The SMILES string of the molecule is CCOC(=O)/C=C1\SCC(=O)N1CCOc1ccccc1[N+](=O)[O-]. The summed E-state index contributed by atoms with van der Waals surface area (Å²) in [4.78, 5) is 35.2. The average Bonchev–Trinajstić information content (AvgIpc) is 2.88. The molecule has 0 bridgehead atoms. The van der Waals surface area contributed by atoms with Crippen molar-refractivity contribution in [2.45, 2.75) is 6.92 Å². The summed E-state index contributed by atoms with van der Waals surface area (Å²) in [5, 5.41) is 11.4. The molecular formula is C15H16N2O6S. The van der Waals surface area contributed by atoms with E-state index in [9.17, 15) is 19.7 Å². The third-order valence-electron chi connectivity index (χ3n) is 3.07.